The SMILES string of the molecule is Fc1cc(F)c(-n2c3ccccc3c3cc4c5ccccc5n(-c5ccc(-c6cc(-c7ccccc7)nc(-c7ccc(C8C=CC=CC8)cc7)n6)cc5)c4cc32)c(F)c1. The van der Waals surface area contributed by atoms with E-state index in [9.17, 15) is 4.39 Å². The van der Waals surface area contributed by atoms with E-state index in [0.29, 0.717) is 22.8 Å². The lowest BCUT2D eigenvalue weighted by Crippen LogP contribution is -2.03. The van der Waals surface area contributed by atoms with Gasteiger partial charge in [0.2, 0.25) is 0 Å². The maximum atomic E-state index is 15.5. The Hall–Kier alpha value is -7.51. The molecule has 1 atom stereocenters. The number of hydrogen-bond acceptors (Lipinski definition) is 2. The summed E-state index contributed by atoms with van der Waals surface area (Å²) in [6.45, 7) is 0. The molecule has 0 amide bonds. The average molecular weight is 771 g/mol. The summed E-state index contributed by atoms with van der Waals surface area (Å²) in [5.41, 5.74) is 9.39. The molecular weight excluding hydrogens is 738 g/mol. The van der Waals surface area contributed by atoms with E-state index in [1.165, 1.54) is 5.56 Å². The minimum absolute atomic E-state index is 0.321. The van der Waals surface area contributed by atoms with E-state index in [0.717, 1.165) is 84.9 Å². The van der Waals surface area contributed by atoms with E-state index in [1.54, 1.807) is 4.57 Å². The first-order valence-corrected chi connectivity index (χ1v) is 19.6. The van der Waals surface area contributed by atoms with E-state index < -0.39 is 17.5 Å². The Morgan fingerprint density at radius 1 is 0.475 bits per heavy atom. The third-order valence-electron chi connectivity index (χ3n) is 11.5. The van der Waals surface area contributed by atoms with Gasteiger partial charge in [-0.15, -0.1) is 0 Å². The lowest BCUT2D eigenvalue weighted by atomic mass is 9.92. The van der Waals surface area contributed by atoms with Gasteiger partial charge in [-0.3, -0.25) is 0 Å². The summed E-state index contributed by atoms with van der Waals surface area (Å²) in [5, 5.41) is 3.71. The lowest BCUT2D eigenvalue weighted by Gasteiger charge is -2.14. The third-order valence-corrected chi connectivity index (χ3v) is 11.5. The van der Waals surface area contributed by atoms with Crippen molar-refractivity contribution in [1.82, 2.24) is 19.1 Å². The van der Waals surface area contributed by atoms with Crippen LogP contribution in [0.5, 0.6) is 0 Å². The molecule has 0 bridgehead atoms. The molecule has 0 saturated carbocycles. The molecular formula is C52H33F3N4. The van der Waals surface area contributed by atoms with Crippen molar-refractivity contribution in [2.24, 2.45) is 0 Å². The van der Waals surface area contributed by atoms with Crippen molar-refractivity contribution in [3.05, 3.63) is 205 Å². The minimum atomic E-state index is -0.976. The van der Waals surface area contributed by atoms with Crippen LogP contribution in [0.1, 0.15) is 17.9 Å². The first-order chi connectivity index (χ1) is 29.0. The summed E-state index contributed by atoms with van der Waals surface area (Å²) in [5.74, 6) is -1.92. The Balaban J connectivity index is 1.06. The van der Waals surface area contributed by atoms with Crippen LogP contribution in [0.2, 0.25) is 0 Å². The molecule has 3 heterocycles. The standard InChI is InChI=1S/C52H33F3N4/c53-37-27-43(54)51(44(55)28-37)59-48-18-10-8-16-40(48)42-29-41-39-15-7-9-17-47(39)58(49(41)31-50(42)59)38-25-23-35(24-26-38)46-30-45(34-13-5-2-6-14-34)56-52(57-46)36-21-19-33(20-22-36)32-11-3-1-4-12-32/h1-11,13-32H,12H2. The van der Waals surface area contributed by atoms with Crippen LogP contribution in [-0.2, 0) is 0 Å². The predicted molar refractivity (Wildman–Crippen MR) is 233 cm³/mol. The first kappa shape index (κ1) is 34.7. The average Bonchev–Trinajstić information content (AvgIpc) is 3.77. The van der Waals surface area contributed by atoms with Crippen LogP contribution < -0.4 is 0 Å². The summed E-state index contributed by atoms with van der Waals surface area (Å²) in [7, 11) is 0. The molecule has 7 heteroatoms. The van der Waals surface area contributed by atoms with Crippen molar-refractivity contribution in [2.45, 2.75) is 12.3 Å². The second-order valence-electron chi connectivity index (χ2n) is 15.0. The van der Waals surface area contributed by atoms with Gasteiger partial charge in [-0.05, 0) is 54.4 Å². The molecule has 3 aromatic heterocycles. The molecule has 7 aromatic carbocycles. The molecule has 0 spiro atoms. The summed E-state index contributed by atoms with van der Waals surface area (Å²) >= 11 is 0. The quantitative estimate of drug-likeness (QED) is 0.169. The molecule has 282 valence electrons. The Bertz CT molecular complexity index is 3300. The van der Waals surface area contributed by atoms with Crippen molar-refractivity contribution < 1.29 is 13.2 Å². The van der Waals surface area contributed by atoms with Gasteiger partial charge in [0, 0.05) is 62.0 Å². The van der Waals surface area contributed by atoms with Crippen molar-refractivity contribution in [1.29, 1.82) is 0 Å². The van der Waals surface area contributed by atoms with E-state index in [1.807, 2.05) is 66.7 Å². The summed E-state index contributed by atoms with van der Waals surface area (Å²) in [6, 6.07) is 50.3. The number of allylic oxidation sites excluding steroid dienone is 4. The Morgan fingerprint density at radius 2 is 1.05 bits per heavy atom. The molecule has 1 unspecified atom stereocenters. The highest BCUT2D eigenvalue weighted by atomic mass is 19.1. The number of hydrogen-bond donors (Lipinski definition) is 0. The van der Waals surface area contributed by atoms with Gasteiger partial charge in [-0.2, -0.15) is 0 Å². The third kappa shape index (κ3) is 5.85. The maximum absolute atomic E-state index is 15.5. The number of nitrogens with zero attached hydrogens (tertiary/aromatic N) is 4. The summed E-state index contributed by atoms with van der Waals surface area (Å²) in [6.07, 6.45) is 9.61. The fraction of sp³-hybridized carbons (Fsp3) is 0.0385. The van der Waals surface area contributed by atoms with Crippen LogP contribution in [0.4, 0.5) is 13.2 Å². The number of benzene rings is 7. The van der Waals surface area contributed by atoms with Crippen molar-refractivity contribution in [2.75, 3.05) is 0 Å². The van der Waals surface area contributed by atoms with Gasteiger partial charge in [0.1, 0.15) is 11.5 Å². The Kier molecular flexibility index (Phi) is 8.15. The molecule has 0 saturated heterocycles. The van der Waals surface area contributed by atoms with Gasteiger partial charge in [-0.25, -0.2) is 23.1 Å². The van der Waals surface area contributed by atoms with Crippen LogP contribution >= 0.6 is 0 Å². The highest BCUT2D eigenvalue weighted by Gasteiger charge is 2.22. The fourth-order valence-corrected chi connectivity index (χ4v) is 8.67. The normalized spacial score (nSPS) is 14.0. The second kappa shape index (κ2) is 13.9. The van der Waals surface area contributed by atoms with Gasteiger partial charge >= 0.3 is 0 Å². The van der Waals surface area contributed by atoms with Crippen LogP contribution in [0.3, 0.4) is 0 Å². The molecule has 10 aromatic rings. The first-order valence-electron chi connectivity index (χ1n) is 19.6. The van der Waals surface area contributed by atoms with Gasteiger partial charge in [0.25, 0.3) is 0 Å². The number of fused-ring (bicyclic) bond motifs is 6. The molecule has 0 fully saturated rings. The van der Waals surface area contributed by atoms with Crippen molar-refractivity contribution in [3.8, 4) is 45.3 Å². The fourth-order valence-electron chi connectivity index (χ4n) is 8.67. The molecule has 59 heavy (non-hydrogen) atoms. The van der Waals surface area contributed by atoms with Gasteiger partial charge in [0.05, 0.1) is 33.5 Å². The summed E-state index contributed by atoms with van der Waals surface area (Å²) < 4.78 is 49.0. The number of aromatic nitrogens is 4. The van der Waals surface area contributed by atoms with E-state index >= 15 is 8.78 Å². The zero-order valence-electron chi connectivity index (χ0n) is 31.5. The Labute approximate surface area is 337 Å². The van der Waals surface area contributed by atoms with Crippen molar-refractivity contribution in [3.63, 3.8) is 0 Å². The molecule has 11 rings (SSSR count). The lowest BCUT2D eigenvalue weighted by molar-refractivity contribution is 0.537. The van der Waals surface area contributed by atoms with Crippen LogP contribution in [0.15, 0.2) is 182 Å². The molecule has 1 aliphatic carbocycles. The van der Waals surface area contributed by atoms with Gasteiger partial charge in [-0.1, -0.05) is 127 Å². The number of para-hydroxylation sites is 2. The zero-order valence-corrected chi connectivity index (χ0v) is 31.5. The van der Waals surface area contributed by atoms with Crippen LogP contribution in [-0.4, -0.2) is 19.1 Å². The van der Waals surface area contributed by atoms with Crippen molar-refractivity contribution >= 4 is 43.6 Å². The highest BCUT2D eigenvalue weighted by Crippen LogP contribution is 2.41. The number of halogens is 3. The molecule has 1 aliphatic rings. The Morgan fingerprint density at radius 3 is 1.69 bits per heavy atom. The van der Waals surface area contributed by atoms with Gasteiger partial charge in [0.15, 0.2) is 17.5 Å². The van der Waals surface area contributed by atoms with Gasteiger partial charge < -0.3 is 9.13 Å². The van der Waals surface area contributed by atoms with Crippen LogP contribution in [0, 0.1) is 17.5 Å². The minimum Gasteiger partial charge on any atom is -0.309 e. The van der Waals surface area contributed by atoms with E-state index in [2.05, 4.69) is 108 Å². The predicted octanol–water partition coefficient (Wildman–Crippen LogP) is 13.7. The van der Waals surface area contributed by atoms with Crippen LogP contribution in [0.25, 0.3) is 88.9 Å². The molecule has 0 N–H and O–H groups in total. The van der Waals surface area contributed by atoms with E-state index in [4.69, 9.17) is 9.97 Å². The second-order valence-corrected chi connectivity index (χ2v) is 15.0. The topological polar surface area (TPSA) is 35.6 Å². The molecule has 0 aliphatic heterocycles. The largest absolute Gasteiger partial charge is 0.309 e. The molecule has 4 nitrogen and oxygen atoms in total. The monoisotopic (exact) mass is 770 g/mol. The molecule has 0 radical (unpaired) electrons. The van der Waals surface area contributed by atoms with E-state index in [-0.39, 0.29) is 5.69 Å². The summed E-state index contributed by atoms with van der Waals surface area (Å²) in [4.78, 5) is 10.2. The highest BCUT2D eigenvalue weighted by molar-refractivity contribution is 6.19. The smallest absolute Gasteiger partial charge is 0.160 e. The maximum Gasteiger partial charge on any atom is 0.160 e. The number of rotatable bonds is 6. The zero-order chi connectivity index (χ0) is 39.6.